The van der Waals surface area contributed by atoms with Gasteiger partial charge in [-0.3, -0.25) is 20.0 Å². The van der Waals surface area contributed by atoms with Crippen molar-refractivity contribution in [2.75, 3.05) is 0 Å². The number of rotatable bonds is 4. The van der Waals surface area contributed by atoms with Crippen molar-refractivity contribution in [2.45, 2.75) is 12.5 Å². The van der Waals surface area contributed by atoms with E-state index in [0.29, 0.717) is 0 Å². The van der Waals surface area contributed by atoms with Crippen molar-refractivity contribution in [1.82, 2.24) is 5.23 Å². The highest BCUT2D eigenvalue weighted by Crippen LogP contribution is 1.98. The second-order valence-electron chi connectivity index (χ2n) is 1.77. The molecule has 0 aliphatic heterocycles. The van der Waals surface area contributed by atoms with Gasteiger partial charge in [0.1, 0.15) is 0 Å². The molecule has 0 radical (unpaired) electrons. The lowest BCUT2D eigenvalue weighted by Gasteiger charge is -2.12. The molecular formula is C4H7NO6. The largest absolute Gasteiger partial charge is 0.481 e. The molecule has 0 aliphatic rings. The normalized spacial score (nSPS) is 13.0. The van der Waals surface area contributed by atoms with E-state index in [9.17, 15) is 9.59 Å². The third-order valence-electron chi connectivity index (χ3n) is 0.932. The Labute approximate surface area is 61.0 Å². The molecule has 0 unspecified atom stereocenters. The van der Waals surface area contributed by atoms with E-state index in [1.807, 2.05) is 0 Å². The first kappa shape index (κ1) is 9.82. The van der Waals surface area contributed by atoms with Crippen LogP contribution in [0.3, 0.4) is 0 Å². The van der Waals surface area contributed by atoms with E-state index in [0.717, 1.165) is 0 Å². The van der Waals surface area contributed by atoms with E-state index < -0.39 is 29.6 Å². The predicted octanol–water partition coefficient (Wildman–Crippen LogP) is -1.01. The summed E-state index contributed by atoms with van der Waals surface area (Å²) < 4.78 is 0. The fourth-order valence-electron chi connectivity index (χ4n) is 0.433. The number of hydroxylamine groups is 2. The molecule has 0 spiro atoms. The maximum absolute atomic E-state index is 10.1. The summed E-state index contributed by atoms with van der Waals surface area (Å²) in [6.45, 7) is 0. The monoisotopic (exact) mass is 165 g/mol. The molecule has 0 aromatic heterocycles. The first-order valence-corrected chi connectivity index (χ1v) is 2.56. The topological polar surface area (TPSA) is 118 Å². The van der Waals surface area contributed by atoms with E-state index in [2.05, 4.69) is 0 Å². The molecule has 64 valence electrons. The summed E-state index contributed by atoms with van der Waals surface area (Å²) in [4.78, 5) is 20.0. The van der Waals surface area contributed by atoms with Crippen LogP contribution in [0.4, 0.5) is 0 Å². The van der Waals surface area contributed by atoms with Gasteiger partial charge in [-0.1, -0.05) is 5.23 Å². The summed E-state index contributed by atoms with van der Waals surface area (Å²) in [7, 11) is 0. The van der Waals surface area contributed by atoms with Crippen molar-refractivity contribution in [1.29, 1.82) is 0 Å². The minimum atomic E-state index is -1.83. The van der Waals surface area contributed by atoms with Gasteiger partial charge in [-0.2, -0.15) is 0 Å². The number of hydrogen-bond acceptors (Lipinski definition) is 5. The van der Waals surface area contributed by atoms with E-state index in [1.54, 1.807) is 0 Å². The van der Waals surface area contributed by atoms with Crippen LogP contribution in [0.25, 0.3) is 0 Å². The van der Waals surface area contributed by atoms with Crippen molar-refractivity contribution in [3.63, 3.8) is 0 Å². The highest BCUT2D eigenvalue weighted by Gasteiger charge is 2.26. The standard InChI is InChI=1S/C4H7NO6/c6-3(7)1-2(4(8)9)5(10)11/h2,10-11H,1H2,(H,6,7)(H,8,9)/t2-/m0/s1. The van der Waals surface area contributed by atoms with Gasteiger partial charge < -0.3 is 10.2 Å². The molecule has 0 bridgehead atoms. The van der Waals surface area contributed by atoms with Crippen LogP contribution in [0.1, 0.15) is 6.42 Å². The molecule has 7 nitrogen and oxygen atoms in total. The van der Waals surface area contributed by atoms with Crippen molar-refractivity contribution in [3.05, 3.63) is 0 Å². The van der Waals surface area contributed by atoms with Gasteiger partial charge >= 0.3 is 11.9 Å². The maximum atomic E-state index is 10.1. The average molecular weight is 165 g/mol. The molecule has 0 saturated carbocycles. The van der Waals surface area contributed by atoms with Gasteiger partial charge in [-0.25, -0.2) is 0 Å². The van der Waals surface area contributed by atoms with Gasteiger partial charge in [-0.05, 0) is 0 Å². The van der Waals surface area contributed by atoms with Crippen LogP contribution >= 0.6 is 0 Å². The summed E-state index contributed by atoms with van der Waals surface area (Å²) in [5.74, 6) is -3.04. The van der Waals surface area contributed by atoms with Crippen LogP contribution in [0, 0.1) is 0 Å². The highest BCUT2D eigenvalue weighted by molar-refractivity contribution is 5.80. The fourth-order valence-corrected chi connectivity index (χ4v) is 0.433. The van der Waals surface area contributed by atoms with E-state index in [4.69, 9.17) is 20.6 Å². The number of carboxylic acid groups (broad SMARTS) is 2. The zero-order chi connectivity index (χ0) is 9.02. The van der Waals surface area contributed by atoms with Gasteiger partial charge in [0.2, 0.25) is 0 Å². The number of carbonyl (C=O) groups is 2. The lowest BCUT2D eigenvalue weighted by Crippen LogP contribution is -2.38. The van der Waals surface area contributed by atoms with Crippen LogP contribution < -0.4 is 0 Å². The molecule has 0 saturated heterocycles. The van der Waals surface area contributed by atoms with Crippen LogP contribution in [0.2, 0.25) is 0 Å². The molecule has 0 aliphatic carbocycles. The zero-order valence-corrected chi connectivity index (χ0v) is 5.34. The molecular weight excluding hydrogens is 158 g/mol. The predicted molar refractivity (Wildman–Crippen MR) is 29.1 cm³/mol. The summed E-state index contributed by atoms with van der Waals surface area (Å²) in [5, 5.41) is 31.9. The summed E-state index contributed by atoms with van der Waals surface area (Å²) >= 11 is 0. The lowest BCUT2D eigenvalue weighted by molar-refractivity contribution is -0.327. The number of aliphatic carboxylic acids is 2. The van der Waals surface area contributed by atoms with Crippen molar-refractivity contribution < 1.29 is 30.2 Å². The van der Waals surface area contributed by atoms with Gasteiger partial charge in [0.25, 0.3) is 0 Å². The second kappa shape index (κ2) is 3.86. The molecule has 0 rings (SSSR count). The van der Waals surface area contributed by atoms with E-state index in [-0.39, 0.29) is 0 Å². The number of nitrogens with zero attached hydrogens (tertiary/aromatic N) is 1. The third kappa shape index (κ3) is 3.50. The van der Waals surface area contributed by atoms with Crippen LogP contribution in [0.15, 0.2) is 0 Å². The SMILES string of the molecule is O=C(O)C[C@@H](C(=O)O)N(O)O. The Morgan fingerprint density at radius 1 is 1.27 bits per heavy atom. The minimum absolute atomic E-state index is 0.642. The molecule has 4 N–H and O–H groups in total. The average Bonchev–Trinajstić information content (AvgIpc) is 1.81. The molecule has 0 fully saturated rings. The zero-order valence-electron chi connectivity index (χ0n) is 5.34. The molecule has 7 heteroatoms. The fraction of sp³-hybridized carbons (Fsp3) is 0.500. The van der Waals surface area contributed by atoms with Gasteiger partial charge in [-0.15, -0.1) is 0 Å². The van der Waals surface area contributed by atoms with Crippen molar-refractivity contribution in [3.8, 4) is 0 Å². The first-order valence-electron chi connectivity index (χ1n) is 2.56. The number of hydrogen-bond donors (Lipinski definition) is 4. The Hall–Kier alpha value is -1.18. The molecule has 0 aromatic rings. The summed E-state index contributed by atoms with van der Waals surface area (Å²) in [5.41, 5.74) is 0. The van der Waals surface area contributed by atoms with Crippen molar-refractivity contribution >= 4 is 11.9 Å². The quantitative estimate of drug-likeness (QED) is 0.394. The van der Waals surface area contributed by atoms with Crippen molar-refractivity contribution in [2.24, 2.45) is 0 Å². The Balaban J connectivity index is 4.12. The Morgan fingerprint density at radius 2 is 1.73 bits per heavy atom. The van der Waals surface area contributed by atoms with E-state index >= 15 is 0 Å². The molecule has 11 heavy (non-hydrogen) atoms. The molecule has 1 atom stereocenters. The van der Waals surface area contributed by atoms with E-state index in [1.165, 1.54) is 0 Å². The van der Waals surface area contributed by atoms with Gasteiger partial charge in [0, 0.05) is 0 Å². The van der Waals surface area contributed by atoms with Crippen LogP contribution in [0.5, 0.6) is 0 Å². The Kier molecular flexibility index (Phi) is 3.45. The minimum Gasteiger partial charge on any atom is -0.481 e. The number of carboxylic acids is 2. The second-order valence-corrected chi connectivity index (χ2v) is 1.77. The molecule has 0 aromatic carbocycles. The lowest BCUT2D eigenvalue weighted by atomic mass is 10.2. The maximum Gasteiger partial charge on any atom is 0.326 e. The smallest absolute Gasteiger partial charge is 0.326 e. The Morgan fingerprint density at radius 3 is 1.82 bits per heavy atom. The summed E-state index contributed by atoms with van der Waals surface area (Å²) in [6, 6.07) is -1.83. The highest BCUT2D eigenvalue weighted by atomic mass is 16.8. The van der Waals surface area contributed by atoms with Gasteiger partial charge in [0.15, 0.2) is 6.04 Å². The summed E-state index contributed by atoms with van der Waals surface area (Å²) in [6.07, 6.45) is -0.873. The molecule has 0 amide bonds. The first-order chi connectivity index (χ1) is 4.95. The molecule has 0 heterocycles. The Bertz CT molecular complexity index is 166. The van der Waals surface area contributed by atoms with Crippen LogP contribution in [-0.4, -0.2) is 43.8 Å². The van der Waals surface area contributed by atoms with Gasteiger partial charge in [0.05, 0.1) is 6.42 Å². The third-order valence-corrected chi connectivity index (χ3v) is 0.932. The van der Waals surface area contributed by atoms with Crippen LogP contribution in [-0.2, 0) is 9.59 Å².